The van der Waals surface area contributed by atoms with Crippen molar-refractivity contribution in [1.82, 2.24) is 0 Å². The Labute approximate surface area is 214 Å². The molecule has 0 bridgehead atoms. The summed E-state index contributed by atoms with van der Waals surface area (Å²) in [4.78, 5) is 9.00. The molecule has 31 heavy (non-hydrogen) atoms. The van der Waals surface area contributed by atoms with Crippen LogP contribution in [0.2, 0.25) is 0 Å². The largest absolute Gasteiger partial charge is 0.481 e. The van der Waals surface area contributed by atoms with Gasteiger partial charge in [0.2, 0.25) is 0 Å². The maximum absolute atomic E-state index is 9.00. The quantitative estimate of drug-likeness (QED) is 0.131. The molecule has 0 fully saturated rings. The van der Waals surface area contributed by atoms with Crippen LogP contribution in [-0.2, 0) is 25.2 Å². The molecule has 0 aliphatic rings. The molecule has 0 aliphatic heterocycles. The molecule has 0 saturated carbocycles. The van der Waals surface area contributed by atoms with Crippen molar-refractivity contribution in [2.75, 3.05) is 37.0 Å². The molecule has 0 heterocycles. The van der Waals surface area contributed by atoms with Gasteiger partial charge >= 0.3 is 0 Å². The van der Waals surface area contributed by atoms with Crippen LogP contribution in [0.25, 0.3) is 0 Å². The molecule has 0 saturated heterocycles. The van der Waals surface area contributed by atoms with Gasteiger partial charge in [-0.05, 0) is 75.5 Å². The van der Waals surface area contributed by atoms with Crippen molar-refractivity contribution in [3.63, 3.8) is 0 Å². The SMILES string of the molecule is CC(=O)O.CCCCP(CCCC)CCCC.CCCCP(CCCC)CCCC.[Pd]. The van der Waals surface area contributed by atoms with E-state index < -0.39 is 5.97 Å². The predicted octanol–water partition coefficient (Wildman–Crippen LogP) is 9.83. The van der Waals surface area contributed by atoms with E-state index in [1.807, 2.05) is 0 Å². The maximum atomic E-state index is 9.00. The molecule has 0 spiro atoms. The second-order valence-electron chi connectivity index (χ2n) is 8.32. The Morgan fingerprint density at radius 1 is 0.516 bits per heavy atom. The minimum atomic E-state index is -0.833. The van der Waals surface area contributed by atoms with Crippen molar-refractivity contribution >= 4 is 21.8 Å². The van der Waals surface area contributed by atoms with E-state index >= 15 is 0 Å². The second-order valence-corrected chi connectivity index (χ2v) is 13.7. The van der Waals surface area contributed by atoms with Crippen molar-refractivity contribution in [3.05, 3.63) is 0 Å². The van der Waals surface area contributed by atoms with Crippen molar-refractivity contribution in [2.24, 2.45) is 0 Å². The van der Waals surface area contributed by atoms with Crippen LogP contribution < -0.4 is 0 Å². The van der Waals surface area contributed by atoms with Gasteiger partial charge < -0.3 is 5.11 Å². The smallest absolute Gasteiger partial charge is 0.300 e. The first kappa shape index (κ1) is 39.2. The first-order valence-electron chi connectivity index (χ1n) is 13.1. The molecule has 0 unspecified atom stereocenters. The molecule has 2 nitrogen and oxygen atoms in total. The number of hydrogen-bond donors (Lipinski definition) is 1. The molecule has 0 atom stereocenters. The van der Waals surface area contributed by atoms with Crippen LogP contribution in [0.5, 0.6) is 0 Å². The predicted molar refractivity (Wildman–Crippen MR) is 146 cm³/mol. The van der Waals surface area contributed by atoms with Gasteiger partial charge in [-0.1, -0.05) is 80.1 Å². The molecule has 5 heteroatoms. The van der Waals surface area contributed by atoms with Crippen LogP contribution >= 0.6 is 15.8 Å². The number of hydrogen-bond acceptors (Lipinski definition) is 1. The van der Waals surface area contributed by atoms with Gasteiger partial charge in [-0.15, -0.1) is 15.8 Å². The maximum Gasteiger partial charge on any atom is 0.300 e. The summed E-state index contributed by atoms with van der Waals surface area (Å²) in [7, 11) is 0.843. The van der Waals surface area contributed by atoms with E-state index in [2.05, 4.69) is 41.5 Å². The number of carboxylic acid groups (broad SMARTS) is 1. The Hall–Kier alpha value is 0.992. The second kappa shape index (κ2) is 35.6. The Morgan fingerprint density at radius 3 is 0.742 bits per heavy atom. The summed E-state index contributed by atoms with van der Waals surface area (Å²) < 4.78 is 0. The van der Waals surface area contributed by atoms with Crippen LogP contribution in [0.15, 0.2) is 0 Å². The zero-order valence-electron chi connectivity index (χ0n) is 22.3. The van der Waals surface area contributed by atoms with Gasteiger partial charge in [0.05, 0.1) is 0 Å². The van der Waals surface area contributed by atoms with E-state index in [0.29, 0.717) is 15.8 Å². The van der Waals surface area contributed by atoms with Crippen LogP contribution in [0.1, 0.15) is 126 Å². The Balaban J connectivity index is -0.000000195. The zero-order valence-corrected chi connectivity index (χ0v) is 25.6. The molecular weight excluding hydrogens is 513 g/mol. The normalized spacial score (nSPS) is 10.1. The van der Waals surface area contributed by atoms with Gasteiger partial charge in [0.15, 0.2) is 0 Å². The minimum absolute atomic E-state index is 0. The van der Waals surface area contributed by atoms with Gasteiger partial charge in [-0.3, -0.25) is 4.79 Å². The summed E-state index contributed by atoms with van der Waals surface area (Å²) in [6, 6.07) is 0. The molecular formula is C26H58O2P2Pd. The molecule has 0 aliphatic carbocycles. The van der Waals surface area contributed by atoms with Crippen LogP contribution in [0, 0.1) is 0 Å². The van der Waals surface area contributed by atoms with Crippen LogP contribution in [0.4, 0.5) is 0 Å². The third kappa shape index (κ3) is 41.7. The number of carboxylic acids is 1. The van der Waals surface area contributed by atoms with Gasteiger partial charge in [0.25, 0.3) is 5.97 Å². The van der Waals surface area contributed by atoms with Crippen molar-refractivity contribution < 1.29 is 30.3 Å². The summed E-state index contributed by atoms with van der Waals surface area (Å²) in [5.74, 6) is -0.833. The molecule has 0 aromatic heterocycles. The first-order chi connectivity index (χ1) is 14.4. The van der Waals surface area contributed by atoms with Crippen LogP contribution in [0.3, 0.4) is 0 Å². The Bertz CT molecular complexity index is 252. The minimum Gasteiger partial charge on any atom is -0.481 e. The molecule has 194 valence electrons. The van der Waals surface area contributed by atoms with Crippen molar-refractivity contribution in [2.45, 2.75) is 126 Å². The molecule has 0 amide bonds. The Morgan fingerprint density at radius 2 is 0.645 bits per heavy atom. The number of aliphatic carboxylic acids is 1. The monoisotopic (exact) mass is 570 g/mol. The fourth-order valence-corrected chi connectivity index (χ4v) is 8.88. The third-order valence-corrected chi connectivity index (χ3v) is 10.7. The number of carbonyl (C=O) groups is 1. The van der Waals surface area contributed by atoms with E-state index in [4.69, 9.17) is 9.90 Å². The topological polar surface area (TPSA) is 37.3 Å². The Kier molecular flexibility index (Phi) is 45.0. The molecule has 0 aromatic carbocycles. The van der Waals surface area contributed by atoms with Gasteiger partial charge in [-0.25, -0.2) is 0 Å². The molecule has 1 N–H and O–H groups in total. The fraction of sp³-hybridized carbons (Fsp3) is 0.962. The number of unbranched alkanes of at least 4 members (excludes halogenated alkanes) is 6. The third-order valence-electron chi connectivity index (χ3n) is 4.97. The molecule has 0 rings (SSSR count). The standard InChI is InChI=1S/2C12H27P.C2H4O2.Pd/c2*1-4-7-10-13(11-8-5-2)12-9-6-3;1-2(3)4;/h2*4-12H2,1-3H3;1H3,(H,3,4);. The fourth-order valence-electron chi connectivity index (χ4n) is 2.96. The zero-order chi connectivity index (χ0) is 23.5. The average Bonchev–Trinajstić information content (AvgIpc) is 2.72. The van der Waals surface area contributed by atoms with Crippen molar-refractivity contribution in [1.29, 1.82) is 0 Å². The molecule has 0 aromatic rings. The van der Waals surface area contributed by atoms with Gasteiger partial charge in [0, 0.05) is 27.3 Å². The summed E-state index contributed by atoms with van der Waals surface area (Å²) in [5.41, 5.74) is 0. The van der Waals surface area contributed by atoms with Gasteiger partial charge in [0.1, 0.15) is 0 Å². The van der Waals surface area contributed by atoms with Crippen molar-refractivity contribution in [3.8, 4) is 0 Å². The van der Waals surface area contributed by atoms with E-state index in [1.54, 1.807) is 37.0 Å². The summed E-state index contributed by atoms with van der Waals surface area (Å²) in [5, 5.41) is 7.42. The summed E-state index contributed by atoms with van der Waals surface area (Å²) in [6.07, 6.45) is 26.4. The summed E-state index contributed by atoms with van der Waals surface area (Å²) >= 11 is 0. The van der Waals surface area contributed by atoms with E-state index in [0.717, 1.165) is 6.92 Å². The number of rotatable bonds is 18. The van der Waals surface area contributed by atoms with E-state index in [-0.39, 0.29) is 20.4 Å². The van der Waals surface area contributed by atoms with E-state index in [9.17, 15) is 0 Å². The first-order valence-corrected chi connectivity index (χ1v) is 16.9. The summed E-state index contributed by atoms with van der Waals surface area (Å²) in [6.45, 7) is 15.0. The average molecular weight is 571 g/mol. The molecule has 0 radical (unpaired) electrons. The van der Waals surface area contributed by atoms with E-state index in [1.165, 1.54) is 77.0 Å². The van der Waals surface area contributed by atoms with Crippen LogP contribution in [-0.4, -0.2) is 48.0 Å². The van der Waals surface area contributed by atoms with Gasteiger partial charge in [-0.2, -0.15) is 0 Å².